The lowest BCUT2D eigenvalue weighted by molar-refractivity contribution is -0.129. The van der Waals surface area contributed by atoms with Crippen molar-refractivity contribution in [2.75, 3.05) is 25.0 Å². The van der Waals surface area contributed by atoms with Crippen molar-refractivity contribution in [1.29, 1.82) is 0 Å². The predicted molar refractivity (Wildman–Crippen MR) is 88.9 cm³/mol. The van der Waals surface area contributed by atoms with Crippen LogP contribution >= 0.6 is 11.6 Å². The molecule has 2 heterocycles. The highest BCUT2D eigenvalue weighted by atomic mass is 35.5. The molecule has 3 rings (SSSR count). The lowest BCUT2D eigenvalue weighted by atomic mass is 10.1. The Kier molecular flexibility index (Phi) is 5.00. The highest BCUT2D eigenvalue weighted by Crippen LogP contribution is 2.25. The zero-order chi connectivity index (χ0) is 16.9. The van der Waals surface area contributed by atoms with E-state index in [0.717, 1.165) is 12.1 Å². The van der Waals surface area contributed by atoms with E-state index in [2.05, 4.69) is 15.8 Å². The second-order valence-electron chi connectivity index (χ2n) is 5.57. The van der Waals surface area contributed by atoms with Crippen molar-refractivity contribution in [3.8, 4) is 0 Å². The summed E-state index contributed by atoms with van der Waals surface area (Å²) in [7, 11) is 0. The summed E-state index contributed by atoms with van der Waals surface area (Å²) in [6.07, 6.45) is 2.37. The number of amides is 3. The molecule has 1 atom stereocenters. The van der Waals surface area contributed by atoms with Gasteiger partial charge in [-0.2, -0.15) is 0 Å². The summed E-state index contributed by atoms with van der Waals surface area (Å²) >= 11 is 5.85. The Bertz CT molecular complexity index is 720. The zero-order valence-corrected chi connectivity index (χ0v) is 13.6. The molecule has 1 aromatic heterocycles. The lowest BCUT2D eigenvalue weighted by Crippen LogP contribution is -2.40. The third kappa shape index (κ3) is 4.05. The van der Waals surface area contributed by atoms with E-state index >= 15 is 0 Å². The molecule has 0 radical (unpaired) electrons. The average molecular weight is 349 g/mol. The van der Waals surface area contributed by atoms with Gasteiger partial charge in [0.1, 0.15) is 6.26 Å². The Hall–Kier alpha value is -2.54. The fraction of sp³-hybridized carbons (Fsp3) is 0.312. The van der Waals surface area contributed by atoms with Gasteiger partial charge >= 0.3 is 6.03 Å². The van der Waals surface area contributed by atoms with Crippen LogP contribution in [0.3, 0.4) is 0 Å². The molecule has 1 saturated heterocycles. The topological polar surface area (TPSA) is 87.5 Å². The minimum Gasteiger partial charge on any atom is -0.365 e. The molecule has 126 valence electrons. The van der Waals surface area contributed by atoms with E-state index in [0.29, 0.717) is 23.8 Å². The summed E-state index contributed by atoms with van der Waals surface area (Å²) in [6.45, 7) is 1.18. The van der Waals surface area contributed by atoms with Crippen molar-refractivity contribution < 1.29 is 14.1 Å². The van der Waals surface area contributed by atoms with Crippen molar-refractivity contribution in [2.45, 2.75) is 12.3 Å². The van der Waals surface area contributed by atoms with Gasteiger partial charge in [-0.05, 0) is 24.6 Å². The van der Waals surface area contributed by atoms with E-state index in [1.165, 1.54) is 6.26 Å². The minimum absolute atomic E-state index is 0.0576. The first-order valence-corrected chi connectivity index (χ1v) is 7.98. The quantitative estimate of drug-likeness (QED) is 0.888. The number of nitrogens with one attached hydrogen (secondary N) is 2. The van der Waals surface area contributed by atoms with E-state index in [1.54, 1.807) is 29.2 Å². The Morgan fingerprint density at radius 1 is 1.38 bits per heavy atom. The van der Waals surface area contributed by atoms with E-state index in [9.17, 15) is 9.59 Å². The van der Waals surface area contributed by atoms with Crippen LogP contribution in [-0.4, -0.2) is 41.6 Å². The van der Waals surface area contributed by atoms with Crippen molar-refractivity contribution in [2.24, 2.45) is 0 Å². The molecule has 1 aliphatic rings. The molecular formula is C16H17ClN4O3. The lowest BCUT2D eigenvalue weighted by Gasteiger charge is -2.16. The second-order valence-corrected chi connectivity index (χ2v) is 6.00. The molecule has 2 N–H and O–H groups in total. The number of benzene rings is 1. The molecule has 24 heavy (non-hydrogen) atoms. The monoisotopic (exact) mass is 348 g/mol. The van der Waals surface area contributed by atoms with Crippen molar-refractivity contribution >= 4 is 29.2 Å². The van der Waals surface area contributed by atoms with Gasteiger partial charge < -0.3 is 20.1 Å². The first-order chi connectivity index (χ1) is 11.6. The van der Waals surface area contributed by atoms with Crippen LogP contribution in [0.25, 0.3) is 0 Å². The maximum absolute atomic E-state index is 12.2. The molecule has 1 fully saturated rings. The van der Waals surface area contributed by atoms with Gasteiger partial charge in [0.15, 0.2) is 0 Å². The molecule has 8 heteroatoms. The number of carbonyl (C=O) groups excluding carboxylic acids is 2. The maximum Gasteiger partial charge on any atom is 0.319 e. The fourth-order valence-corrected chi connectivity index (χ4v) is 2.86. The van der Waals surface area contributed by atoms with Gasteiger partial charge in [0.2, 0.25) is 5.91 Å². The summed E-state index contributed by atoms with van der Waals surface area (Å²) in [5, 5.41) is 9.63. The van der Waals surface area contributed by atoms with E-state index in [4.69, 9.17) is 16.1 Å². The third-order valence-electron chi connectivity index (χ3n) is 3.90. The molecule has 7 nitrogen and oxygen atoms in total. The number of carbonyl (C=O) groups is 2. The van der Waals surface area contributed by atoms with Crippen LogP contribution in [0.1, 0.15) is 18.0 Å². The Morgan fingerprint density at radius 2 is 2.25 bits per heavy atom. The van der Waals surface area contributed by atoms with Crippen LogP contribution in [-0.2, 0) is 4.79 Å². The summed E-state index contributed by atoms with van der Waals surface area (Å²) in [6, 6.07) is 8.17. The smallest absolute Gasteiger partial charge is 0.319 e. The molecule has 0 aliphatic carbocycles. The number of urea groups is 1. The van der Waals surface area contributed by atoms with Gasteiger partial charge in [-0.3, -0.25) is 4.79 Å². The number of aromatic nitrogens is 1. The average Bonchev–Trinajstić information content (AvgIpc) is 3.23. The van der Waals surface area contributed by atoms with Gasteiger partial charge in [-0.15, -0.1) is 0 Å². The summed E-state index contributed by atoms with van der Waals surface area (Å²) in [4.78, 5) is 25.7. The summed E-state index contributed by atoms with van der Waals surface area (Å²) in [5.41, 5.74) is 1.43. The fourth-order valence-electron chi connectivity index (χ4n) is 2.67. The van der Waals surface area contributed by atoms with Crippen LogP contribution in [0.4, 0.5) is 10.5 Å². The second kappa shape index (κ2) is 7.35. The Labute approximate surface area is 143 Å². The summed E-state index contributed by atoms with van der Waals surface area (Å²) < 4.78 is 4.84. The molecule has 3 amide bonds. The molecule has 1 aromatic carbocycles. The molecule has 2 aromatic rings. The molecule has 1 unspecified atom stereocenters. The van der Waals surface area contributed by atoms with E-state index in [-0.39, 0.29) is 18.4 Å². The minimum atomic E-state index is -0.446. The normalized spacial score (nSPS) is 16.9. The first-order valence-electron chi connectivity index (χ1n) is 7.60. The maximum atomic E-state index is 12.2. The van der Waals surface area contributed by atoms with Gasteiger partial charge in [-0.25, -0.2) is 4.79 Å². The van der Waals surface area contributed by atoms with E-state index in [1.807, 2.05) is 6.07 Å². The van der Waals surface area contributed by atoms with Crippen LogP contribution < -0.4 is 10.6 Å². The van der Waals surface area contributed by atoms with Crippen LogP contribution in [0.5, 0.6) is 0 Å². The van der Waals surface area contributed by atoms with Gasteiger partial charge in [-0.1, -0.05) is 22.8 Å². The molecule has 0 saturated carbocycles. The van der Waals surface area contributed by atoms with Crippen molar-refractivity contribution in [1.82, 2.24) is 15.4 Å². The van der Waals surface area contributed by atoms with Gasteiger partial charge in [0.05, 0.1) is 12.2 Å². The predicted octanol–water partition coefficient (Wildman–Crippen LogP) is 2.47. The summed E-state index contributed by atoms with van der Waals surface area (Å²) in [5.74, 6) is 0.0650. The van der Waals surface area contributed by atoms with Crippen molar-refractivity contribution in [3.05, 3.63) is 47.3 Å². The Morgan fingerprint density at radius 3 is 3.00 bits per heavy atom. The molecule has 0 bridgehead atoms. The first kappa shape index (κ1) is 16.3. The van der Waals surface area contributed by atoms with E-state index < -0.39 is 6.03 Å². The van der Waals surface area contributed by atoms with Crippen LogP contribution in [0.2, 0.25) is 5.02 Å². The molecular weight excluding hydrogens is 332 g/mol. The number of anilines is 1. The largest absolute Gasteiger partial charge is 0.365 e. The SMILES string of the molecule is O=C(NCC(=O)N1CCC(c2ccon2)C1)Nc1cccc(Cl)c1. The Balaban J connectivity index is 1.45. The highest BCUT2D eigenvalue weighted by Gasteiger charge is 2.28. The molecule has 1 aliphatic heterocycles. The number of hydrogen-bond acceptors (Lipinski definition) is 4. The van der Waals surface area contributed by atoms with Crippen LogP contribution in [0.15, 0.2) is 41.1 Å². The number of halogens is 1. The number of nitrogens with zero attached hydrogens (tertiary/aromatic N) is 2. The van der Waals surface area contributed by atoms with Crippen molar-refractivity contribution in [3.63, 3.8) is 0 Å². The standard InChI is InChI=1S/C16H17ClN4O3/c17-12-2-1-3-13(8-12)19-16(23)18-9-15(22)21-6-4-11(10-21)14-5-7-24-20-14/h1-3,5,7-8,11H,4,6,9-10H2,(H2,18,19,23). The van der Waals surface area contributed by atoms with Crippen LogP contribution in [0, 0.1) is 0 Å². The number of likely N-dealkylation sites (tertiary alicyclic amines) is 1. The molecule has 0 spiro atoms. The van der Waals surface area contributed by atoms with Gasteiger partial charge in [0, 0.05) is 35.8 Å². The van der Waals surface area contributed by atoms with Gasteiger partial charge in [0.25, 0.3) is 0 Å². The number of hydrogen-bond donors (Lipinski definition) is 2. The third-order valence-corrected chi connectivity index (χ3v) is 4.13. The highest BCUT2D eigenvalue weighted by molar-refractivity contribution is 6.30. The number of rotatable bonds is 4. The zero-order valence-electron chi connectivity index (χ0n) is 12.9.